The Bertz CT molecular complexity index is 213. The Morgan fingerprint density at radius 2 is 1.94 bits per heavy atom. The van der Waals surface area contributed by atoms with Crippen LogP contribution < -0.4 is 5.32 Å². The first kappa shape index (κ1) is 13.4. The molecule has 2 atom stereocenters. The predicted octanol–water partition coefficient (Wildman–Crippen LogP) is 3.36. The fourth-order valence-corrected chi connectivity index (χ4v) is 3.11. The summed E-state index contributed by atoms with van der Waals surface area (Å²) in [5.41, 5.74) is 0. The zero-order chi connectivity index (χ0) is 12.1. The van der Waals surface area contributed by atoms with Crippen molar-refractivity contribution < 1.29 is 4.74 Å². The molecule has 0 amide bonds. The lowest BCUT2D eigenvalue weighted by molar-refractivity contribution is 0.0762. The minimum Gasteiger partial charge on any atom is -0.379 e. The van der Waals surface area contributed by atoms with E-state index >= 15 is 0 Å². The van der Waals surface area contributed by atoms with Crippen molar-refractivity contribution in [2.75, 3.05) is 13.2 Å². The molecule has 2 aliphatic rings. The Hall–Kier alpha value is -0.0800. The van der Waals surface area contributed by atoms with Gasteiger partial charge < -0.3 is 10.1 Å². The fourth-order valence-electron chi connectivity index (χ4n) is 3.11. The zero-order valence-corrected chi connectivity index (χ0v) is 11.6. The molecule has 0 radical (unpaired) electrons. The van der Waals surface area contributed by atoms with Crippen molar-refractivity contribution in [2.45, 2.75) is 70.9 Å². The molecule has 0 bridgehead atoms. The van der Waals surface area contributed by atoms with Crippen LogP contribution >= 0.6 is 0 Å². The molecule has 100 valence electrons. The number of hydrogen-bond acceptors (Lipinski definition) is 2. The number of rotatable bonds is 7. The van der Waals surface area contributed by atoms with Crippen LogP contribution in [0.1, 0.15) is 58.8 Å². The molecule has 0 heterocycles. The molecule has 2 heteroatoms. The van der Waals surface area contributed by atoms with Crippen LogP contribution in [0.15, 0.2) is 0 Å². The average Bonchev–Trinajstić information content (AvgIpc) is 3.12. The van der Waals surface area contributed by atoms with Crippen molar-refractivity contribution >= 4 is 0 Å². The summed E-state index contributed by atoms with van der Waals surface area (Å²) in [6.07, 6.45) is 10.3. The van der Waals surface area contributed by atoms with Gasteiger partial charge in [0.1, 0.15) is 0 Å². The Balaban J connectivity index is 1.52. The normalized spacial score (nSPS) is 29.8. The Labute approximate surface area is 107 Å². The van der Waals surface area contributed by atoms with Crippen LogP contribution in [0.2, 0.25) is 0 Å². The third kappa shape index (κ3) is 4.97. The average molecular weight is 239 g/mol. The third-order valence-electron chi connectivity index (χ3n) is 4.21. The molecule has 2 aliphatic carbocycles. The van der Waals surface area contributed by atoms with Crippen LogP contribution in [0.3, 0.4) is 0 Å². The van der Waals surface area contributed by atoms with Gasteiger partial charge in [-0.2, -0.15) is 0 Å². The Kier molecular flexibility index (Phi) is 5.30. The summed E-state index contributed by atoms with van der Waals surface area (Å²) in [5, 5.41) is 3.73. The van der Waals surface area contributed by atoms with Crippen LogP contribution in [0.25, 0.3) is 0 Å². The van der Waals surface area contributed by atoms with Crippen LogP contribution in [0, 0.1) is 11.8 Å². The highest BCUT2D eigenvalue weighted by Gasteiger charge is 2.34. The van der Waals surface area contributed by atoms with E-state index in [2.05, 4.69) is 19.2 Å². The molecule has 2 unspecified atom stereocenters. The molecule has 2 saturated carbocycles. The van der Waals surface area contributed by atoms with Gasteiger partial charge in [-0.1, -0.05) is 12.8 Å². The SMILES string of the molecule is CC(C)OCCCNC1CCCC(C2CC2)C1. The number of ether oxygens (including phenoxy) is 1. The van der Waals surface area contributed by atoms with Crippen molar-refractivity contribution in [3.8, 4) is 0 Å². The second-order valence-electron chi connectivity index (χ2n) is 6.19. The topological polar surface area (TPSA) is 21.3 Å². The van der Waals surface area contributed by atoms with E-state index in [1.165, 1.54) is 38.5 Å². The molecule has 2 fully saturated rings. The standard InChI is InChI=1S/C15H29NO/c1-12(2)17-10-4-9-16-15-6-3-5-14(11-15)13-7-8-13/h12-16H,3-11H2,1-2H3. The highest BCUT2D eigenvalue weighted by molar-refractivity contribution is 4.87. The van der Waals surface area contributed by atoms with Crippen LogP contribution in [-0.4, -0.2) is 25.3 Å². The molecule has 0 aliphatic heterocycles. The molecule has 2 nitrogen and oxygen atoms in total. The first-order valence-corrected chi connectivity index (χ1v) is 7.60. The second-order valence-corrected chi connectivity index (χ2v) is 6.19. The summed E-state index contributed by atoms with van der Waals surface area (Å²) in [7, 11) is 0. The van der Waals surface area contributed by atoms with Gasteiger partial charge in [-0.05, 0) is 64.3 Å². The van der Waals surface area contributed by atoms with E-state index in [9.17, 15) is 0 Å². The quantitative estimate of drug-likeness (QED) is 0.688. The van der Waals surface area contributed by atoms with E-state index in [1.54, 1.807) is 0 Å². The second kappa shape index (κ2) is 6.75. The fraction of sp³-hybridized carbons (Fsp3) is 1.00. The minimum atomic E-state index is 0.379. The molecule has 0 saturated heterocycles. The van der Waals surface area contributed by atoms with E-state index in [1.807, 2.05) is 0 Å². The molecule has 0 spiro atoms. The molecular weight excluding hydrogens is 210 g/mol. The third-order valence-corrected chi connectivity index (χ3v) is 4.21. The molecule has 0 aromatic heterocycles. The summed E-state index contributed by atoms with van der Waals surface area (Å²) in [4.78, 5) is 0. The van der Waals surface area contributed by atoms with Crippen molar-refractivity contribution in [3.63, 3.8) is 0 Å². The summed E-state index contributed by atoms with van der Waals surface area (Å²) >= 11 is 0. The van der Waals surface area contributed by atoms with Gasteiger partial charge >= 0.3 is 0 Å². The molecule has 1 N–H and O–H groups in total. The molecule has 2 rings (SSSR count). The van der Waals surface area contributed by atoms with E-state index in [0.717, 1.165) is 37.5 Å². The van der Waals surface area contributed by atoms with Crippen LogP contribution in [0.4, 0.5) is 0 Å². The lowest BCUT2D eigenvalue weighted by Crippen LogP contribution is -2.35. The summed E-state index contributed by atoms with van der Waals surface area (Å²) in [5.74, 6) is 2.15. The van der Waals surface area contributed by atoms with Crippen molar-refractivity contribution in [3.05, 3.63) is 0 Å². The monoisotopic (exact) mass is 239 g/mol. The molecule has 0 aromatic carbocycles. The largest absolute Gasteiger partial charge is 0.379 e. The van der Waals surface area contributed by atoms with Gasteiger partial charge in [-0.15, -0.1) is 0 Å². The highest BCUT2D eigenvalue weighted by atomic mass is 16.5. The maximum atomic E-state index is 5.56. The van der Waals surface area contributed by atoms with Crippen LogP contribution in [0.5, 0.6) is 0 Å². The Morgan fingerprint density at radius 3 is 2.65 bits per heavy atom. The Morgan fingerprint density at radius 1 is 1.12 bits per heavy atom. The maximum absolute atomic E-state index is 5.56. The van der Waals surface area contributed by atoms with E-state index < -0.39 is 0 Å². The van der Waals surface area contributed by atoms with E-state index in [-0.39, 0.29) is 0 Å². The van der Waals surface area contributed by atoms with Crippen molar-refractivity contribution in [1.29, 1.82) is 0 Å². The van der Waals surface area contributed by atoms with Gasteiger partial charge in [0.25, 0.3) is 0 Å². The minimum absolute atomic E-state index is 0.379. The van der Waals surface area contributed by atoms with E-state index in [4.69, 9.17) is 4.74 Å². The smallest absolute Gasteiger partial charge is 0.0518 e. The first-order chi connectivity index (χ1) is 8.25. The van der Waals surface area contributed by atoms with Crippen LogP contribution in [-0.2, 0) is 4.74 Å². The van der Waals surface area contributed by atoms with Gasteiger partial charge in [0.2, 0.25) is 0 Å². The zero-order valence-electron chi connectivity index (χ0n) is 11.6. The lowest BCUT2D eigenvalue weighted by Gasteiger charge is -2.30. The van der Waals surface area contributed by atoms with Gasteiger partial charge in [0.05, 0.1) is 6.10 Å². The van der Waals surface area contributed by atoms with Gasteiger partial charge in [-0.3, -0.25) is 0 Å². The van der Waals surface area contributed by atoms with Crippen molar-refractivity contribution in [2.24, 2.45) is 11.8 Å². The summed E-state index contributed by atoms with van der Waals surface area (Å²) in [6, 6.07) is 0.799. The van der Waals surface area contributed by atoms with Gasteiger partial charge in [-0.25, -0.2) is 0 Å². The number of nitrogens with one attached hydrogen (secondary N) is 1. The lowest BCUT2D eigenvalue weighted by atomic mass is 9.83. The van der Waals surface area contributed by atoms with E-state index in [0.29, 0.717) is 6.10 Å². The molecule has 0 aromatic rings. The van der Waals surface area contributed by atoms with Crippen molar-refractivity contribution in [1.82, 2.24) is 5.32 Å². The molecular formula is C15H29NO. The summed E-state index contributed by atoms with van der Waals surface area (Å²) in [6.45, 7) is 6.25. The predicted molar refractivity (Wildman–Crippen MR) is 72.2 cm³/mol. The highest BCUT2D eigenvalue weighted by Crippen LogP contribution is 2.43. The van der Waals surface area contributed by atoms with Gasteiger partial charge in [0.15, 0.2) is 0 Å². The summed E-state index contributed by atoms with van der Waals surface area (Å²) < 4.78 is 5.56. The first-order valence-electron chi connectivity index (χ1n) is 7.60. The number of hydrogen-bond donors (Lipinski definition) is 1. The molecule has 17 heavy (non-hydrogen) atoms. The maximum Gasteiger partial charge on any atom is 0.0518 e. The van der Waals surface area contributed by atoms with Gasteiger partial charge in [0, 0.05) is 12.6 Å².